The first-order valence-corrected chi connectivity index (χ1v) is 5.42. The van der Waals surface area contributed by atoms with Gasteiger partial charge in [0.25, 0.3) is 0 Å². The maximum Gasteiger partial charge on any atom is 0.119 e. The molecule has 0 N–H and O–H groups in total. The highest BCUT2D eigenvalue weighted by molar-refractivity contribution is 7.95. The minimum atomic E-state index is 0.999. The van der Waals surface area contributed by atoms with E-state index in [0.29, 0.717) is 0 Å². The lowest BCUT2D eigenvalue weighted by atomic mass is 9.91. The summed E-state index contributed by atoms with van der Waals surface area (Å²) in [6.07, 6.45) is 2.09. The van der Waals surface area contributed by atoms with Crippen LogP contribution in [-0.2, 0) is 17.0 Å². The summed E-state index contributed by atoms with van der Waals surface area (Å²) in [5, 5.41) is 0. The Morgan fingerprint density at radius 1 is 1.08 bits per heavy atom. The summed E-state index contributed by atoms with van der Waals surface area (Å²) in [5.41, 5.74) is 4.40. The monoisotopic (exact) mass is 190 g/mol. The summed E-state index contributed by atoms with van der Waals surface area (Å²) in [6.45, 7) is 0. The lowest BCUT2D eigenvalue weighted by Gasteiger charge is -2.15. The van der Waals surface area contributed by atoms with Crippen molar-refractivity contribution in [2.75, 3.05) is 5.75 Å². The molecule has 0 unspecified atom stereocenters. The van der Waals surface area contributed by atoms with Gasteiger partial charge in [-0.3, -0.25) is 0 Å². The van der Waals surface area contributed by atoms with E-state index in [-0.39, 0.29) is 0 Å². The SMILES string of the molecule is c1ccc2c(c1)CC1=C(C2)OSC1. The van der Waals surface area contributed by atoms with Crippen LogP contribution >= 0.6 is 12.0 Å². The predicted molar refractivity (Wildman–Crippen MR) is 54.4 cm³/mol. The van der Waals surface area contributed by atoms with Crippen LogP contribution in [0.2, 0.25) is 0 Å². The summed E-state index contributed by atoms with van der Waals surface area (Å²) in [7, 11) is 0. The van der Waals surface area contributed by atoms with E-state index in [2.05, 4.69) is 24.3 Å². The second-order valence-corrected chi connectivity index (χ2v) is 4.19. The van der Waals surface area contributed by atoms with Gasteiger partial charge in [-0.1, -0.05) is 24.3 Å². The second-order valence-electron chi connectivity index (χ2n) is 3.49. The van der Waals surface area contributed by atoms with Crippen molar-refractivity contribution in [2.45, 2.75) is 12.8 Å². The van der Waals surface area contributed by atoms with E-state index >= 15 is 0 Å². The molecule has 13 heavy (non-hydrogen) atoms. The Hall–Kier alpha value is -0.890. The molecule has 1 aliphatic heterocycles. The van der Waals surface area contributed by atoms with E-state index < -0.39 is 0 Å². The fourth-order valence-electron chi connectivity index (χ4n) is 1.92. The van der Waals surface area contributed by atoms with E-state index in [0.717, 1.165) is 18.6 Å². The average molecular weight is 190 g/mol. The smallest absolute Gasteiger partial charge is 0.119 e. The third kappa shape index (κ3) is 1.17. The van der Waals surface area contributed by atoms with Gasteiger partial charge < -0.3 is 4.18 Å². The topological polar surface area (TPSA) is 9.23 Å². The van der Waals surface area contributed by atoms with Crippen LogP contribution in [0.3, 0.4) is 0 Å². The molecule has 0 spiro atoms. The molecule has 0 amide bonds. The molecular weight excluding hydrogens is 180 g/mol. The maximum absolute atomic E-state index is 5.51. The third-order valence-corrected chi connectivity index (χ3v) is 3.45. The van der Waals surface area contributed by atoms with Crippen LogP contribution in [0.15, 0.2) is 35.6 Å². The zero-order valence-electron chi connectivity index (χ0n) is 7.25. The molecule has 0 saturated heterocycles. The van der Waals surface area contributed by atoms with Crippen molar-refractivity contribution in [3.63, 3.8) is 0 Å². The molecule has 0 aromatic heterocycles. The van der Waals surface area contributed by atoms with Crippen molar-refractivity contribution in [3.05, 3.63) is 46.7 Å². The Kier molecular flexibility index (Phi) is 1.62. The molecule has 0 saturated carbocycles. The molecule has 0 fully saturated rings. The highest BCUT2D eigenvalue weighted by atomic mass is 32.2. The molecular formula is C11H10OS. The third-order valence-electron chi connectivity index (χ3n) is 2.66. The fraction of sp³-hybridized carbons (Fsp3) is 0.273. The van der Waals surface area contributed by atoms with E-state index in [4.69, 9.17) is 4.18 Å². The van der Waals surface area contributed by atoms with Gasteiger partial charge in [0.15, 0.2) is 0 Å². The number of allylic oxidation sites excluding steroid dienone is 1. The zero-order valence-corrected chi connectivity index (χ0v) is 8.06. The number of benzene rings is 1. The highest BCUT2D eigenvalue weighted by Crippen LogP contribution is 2.35. The van der Waals surface area contributed by atoms with E-state index in [9.17, 15) is 0 Å². The van der Waals surface area contributed by atoms with Crippen LogP contribution < -0.4 is 0 Å². The molecule has 2 aliphatic rings. The lowest BCUT2D eigenvalue weighted by Crippen LogP contribution is -2.06. The Morgan fingerprint density at radius 2 is 1.85 bits per heavy atom. The van der Waals surface area contributed by atoms with Gasteiger partial charge in [-0.25, -0.2) is 0 Å². The quantitative estimate of drug-likeness (QED) is 0.582. The molecule has 3 rings (SSSR count). The summed E-state index contributed by atoms with van der Waals surface area (Å²) >= 11 is 1.58. The van der Waals surface area contributed by atoms with Crippen LogP contribution in [0.25, 0.3) is 0 Å². The van der Waals surface area contributed by atoms with Crippen molar-refractivity contribution in [1.29, 1.82) is 0 Å². The first kappa shape index (κ1) is 7.51. The van der Waals surface area contributed by atoms with Gasteiger partial charge in [0.1, 0.15) is 5.76 Å². The van der Waals surface area contributed by atoms with E-state index in [1.165, 1.54) is 22.5 Å². The van der Waals surface area contributed by atoms with Gasteiger partial charge in [-0.15, -0.1) is 0 Å². The Bertz CT molecular complexity index is 346. The molecule has 1 nitrogen and oxygen atoms in total. The molecule has 66 valence electrons. The lowest BCUT2D eigenvalue weighted by molar-refractivity contribution is 0.484. The van der Waals surface area contributed by atoms with Crippen molar-refractivity contribution < 1.29 is 4.18 Å². The maximum atomic E-state index is 5.51. The van der Waals surface area contributed by atoms with Crippen LogP contribution in [0, 0.1) is 0 Å². The van der Waals surface area contributed by atoms with Crippen molar-refractivity contribution in [2.24, 2.45) is 0 Å². The van der Waals surface area contributed by atoms with Gasteiger partial charge >= 0.3 is 0 Å². The predicted octanol–water partition coefficient (Wildman–Crippen LogP) is 2.72. The van der Waals surface area contributed by atoms with E-state index in [1.54, 1.807) is 12.0 Å². The largest absolute Gasteiger partial charge is 0.430 e. The van der Waals surface area contributed by atoms with Crippen LogP contribution in [0.1, 0.15) is 11.1 Å². The van der Waals surface area contributed by atoms with E-state index in [1.807, 2.05) is 0 Å². The van der Waals surface area contributed by atoms with Crippen LogP contribution in [-0.4, -0.2) is 5.75 Å². The molecule has 0 radical (unpaired) electrons. The Balaban J connectivity index is 2.04. The molecule has 1 aliphatic carbocycles. The molecule has 0 atom stereocenters. The van der Waals surface area contributed by atoms with Crippen molar-refractivity contribution >= 4 is 12.0 Å². The van der Waals surface area contributed by atoms with Gasteiger partial charge in [-0.2, -0.15) is 0 Å². The zero-order chi connectivity index (χ0) is 8.67. The minimum absolute atomic E-state index is 0.999. The number of hydrogen-bond donors (Lipinski definition) is 0. The molecule has 1 heterocycles. The van der Waals surface area contributed by atoms with Crippen LogP contribution in [0.4, 0.5) is 0 Å². The first-order chi connectivity index (χ1) is 6.43. The fourth-order valence-corrected chi connectivity index (χ4v) is 2.70. The van der Waals surface area contributed by atoms with Gasteiger partial charge in [-0.05, 0) is 23.1 Å². The summed E-state index contributed by atoms with van der Waals surface area (Å²) < 4.78 is 5.51. The summed E-state index contributed by atoms with van der Waals surface area (Å²) in [6, 6.07) is 8.65. The molecule has 1 aromatic carbocycles. The summed E-state index contributed by atoms with van der Waals surface area (Å²) in [5.74, 6) is 2.27. The van der Waals surface area contributed by atoms with Crippen molar-refractivity contribution in [1.82, 2.24) is 0 Å². The van der Waals surface area contributed by atoms with Crippen molar-refractivity contribution in [3.8, 4) is 0 Å². The standard InChI is InChI=1S/C11H10OS/c1-2-4-9-6-11-10(7-13-12-11)5-8(9)3-1/h1-4H,5-7H2. The first-order valence-electron chi connectivity index (χ1n) is 4.50. The number of hydrogen-bond acceptors (Lipinski definition) is 2. The normalized spacial score (nSPS) is 19.4. The van der Waals surface area contributed by atoms with Gasteiger partial charge in [0.2, 0.25) is 0 Å². The highest BCUT2D eigenvalue weighted by Gasteiger charge is 2.23. The Labute approximate surface area is 82.0 Å². The average Bonchev–Trinajstić information content (AvgIpc) is 2.61. The van der Waals surface area contributed by atoms with Crippen LogP contribution in [0.5, 0.6) is 0 Å². The minimum Gasteiger partial charge on any atom is -0.430 e. The second kappa shape index (κ2) is 2.81. The number of fused-ring (bicyclic) bond motifs is 1. The van der Waals surface area contributed by atoms with Gasteiger partial charge in [0.05, 0.1) is 17.8 Å². The summed E-state index contributed by atoms with van der Waals surface area (Å²) in [4.78, 5) is 0. The van der Waals surface area contributed by atoms with Gasteiger partial charge in [0, 0.05) is 6.42 Å². The molecule has 1 aromatic rings. The number of rotatable bonds is 0. The molecule has 2 heteroatoms. The molecule has 0 bridgehead atoms. The Morgan fingerprint density at radius 3 is 2.69 bits per heavy atom.